The molecule has 0 aliphatic rings. The molecule has 2 heterocycles. The number of aromatic nitrogens is 2. The van der Waals surface area contributed by atoms with Crippen LogP contribution in [0.3, 0.4) is 0 Å². The molecular weight excluding hydrogens is 278 g/mol. The van der Waals surface area contributed by atoms with Crippen LogP contribution < -0.4 is 5.73 Å². The SMILES string of the molecule is Cc1ccc(C(N)Cc2ccc(Br)cn2)cn1. The van der Waals surface area contributed by atoms with E-state index in [4.69, 9.17) is 5.73 Å². The first kappa shape index (κ1) is 12.2. The van der Waals surface area contributed by atoms with Crippen LogP contribution in [0.5, 0.6) is 0 Å². The summed E-state index contributed by atoms with van der Waals surface area (Å²) in [7, 11) is 0. The predicted octanol–water partition coefficient (Wildman–Crippen LogP) is 2.79. The van der Waals surface area contributed by atoms with Gasteiger partial charge >= 0.3 is 0 Å². The molecule has 0 fully saturated rings. The van der Waals surface area contributed by atoms with Crippen LogP contribution in [0.25, 0.3) is 0 Å². The number of pyridine rings is 2. The number of aryl methyl sites for hydroxylation is 1. The van der Waals surface area contributed by atoms with Crippen LogP contribution in [0.1, 0.15) is 23.0 Å². The molecule has 0 aliphatic heterocycles. The quantitative estimate of drug-likeness (QED) is 0.946. The Morgan fingerprint density at radius 3 is 2.59 bits per heavy atom. The Morgan fingerprint density at radius 1 is 1.18 bits per heavy atom. The summed E-state index contributed by atoms with van der Waals surface area (Å²) in [6.45, 7) is 1.96. The van der Waals surface area contributed by atoms with Crippen molar-refractivity contribution in [1.82, 2.24) is 9.97 Å². The maximum atomic E-state index is 6.12. The number of nitrogens with zero attached hydrogens (tertiary/aromatic N) is 2. The smallest absolute Gasteiger partial charge is 0.0423 e. The standard InChI is InChI=1S/C13H14BrN3/c1-9-2-3-10(7-16-9)13(15)6-12-5-4-11(14)8-17-12/h2-5,7-8,13H,6,15H2,1H3. The van der Waals surface area contributed by atoms with Gasteiger partial charge in [0.2, 0.25) is 0 Å². The van der Waals surface area contributed by atoms with Crippen LogP contribution in [0.4, 0.5) is 0 Å². The third-order valence-electron chi connectivity index (χ3n) is 2.58. The molecule has 2 aromatic heterocycles. The van der Waals surface area contributed by atoms with E-state index in [2.05, 4.69) is 25.9 Å². The van der Waals surface area contributed by atoms with Crippen molar-refractivity contribution in [2.45, 2.75) is 19.4 Å². The monoisotopic (exact) mass is 291 g/mol. The Labute approximate surface area is 109 Å². The van der Waals surface area contributed by atoms with Crippen LogP contribution in [0.15, 0.2) is 41.1 Å². The highest BCUT2D eigenvalue weighted by Gasteiger charge is 2.08. The molecule has 4 heteroatoms. The normalized spacial score (nSPS) is 12.4. The van der Waals surface area contributed by atoms with Gasteiger partial charge < -0.3 is 5.73 Å². The van der Waals surface area contributed by atoms with Crippen molar-refractivity contribution in [2.24, 2.45) is 5.73 Å². The van der Waals surface area contributed by atoms with Crippen molar-refractivity contribution in [3.8, 4) is 0 Å². The Kier molecular flexibility index (Phi) is 3.86. The van der Waals surface area contributed by atoms with Crippen molar-refractivity contribution in [3.63, 3.8) is 0 Å². The van der Waals surface area contributed by atoms with E-state index in [1.807, 2.05) is 37.4 Å². The van der Waals surface area contributed by atoms with Crippen LogP contribution >= 0.6 is 15.9 Å². The first-order valence-corrected chi connectivity index (χ1v) is 6.23. The minimum absolute atomic E-state index is 0.0585. The van der Waals surface area contributed by atoms with Crippen LogP contribution in [-0.2, 0) is 6.42 Å². The highest BCUT2D eigenvalue weighted by Crippen LogP contribution is 2.15. The zero-order chi connectivity index (χ0) is 12.3. The summed E-state index contributed by atoms with van der Waals surface area (Å²) in [4.78, 5) is 8.56. The largest absolute Gasteiger partial charge is 0.324 e. The molecule has 1 atom stereocenters. The van der Waals surface area contributed by atoms with Gasteiger partial charge in [0.05, 0.1) is 0 Å². The number of rotatable bonds is 3. The summed E-state index contributed by atoms with van der Waals surface area (Å²) in [5.74, 6) is 0. The fraction of sp³-hybridized carbons (Fsp3) is 0.231. The Balaban J connectivity index is 2.08. The molecule has 0 aliphatic carbocycles. The summed E-state index contributed by atoms with van der Waals surface area (Å²) in [5.41, 5.74) is 9.16. The second-order valence-electron chi connectivity index (χ2n) is 4.01. The minimum Gasteiger partial charge on any atom is -0.324 e. The zero-order valence-corrected chi connectivity index (χ0v) is 11.2. The molecule has 0 saturated heterocycles. The lowest BCUT2D eigenvalue weighted by Gasteiger charge is -2.11. The molecular formula is C13H14BrN3. The first-order chi connectivity index (χ1) is 8.15. The lowest BCUT2D eigenvalue weighted by atomic mass is 10.0. The van der Waals surface area contributed by atoms with E-state index < -0.39 is 0 Å². The van der Waals surface area contributed by atoms with E-state index in [9.17, 15) is 0 Å². The molecule has 17 heavy (non-hydrogen) atoms. The van der Waals surface area contributed by atoms with Gasteiger partial charge in [0.25, 0.3) is 0 Å². The highest BCUT2D eigenvalue weighted by atomic mass is 79.9. The van der Waals surface area contributed by atoms with E-state index in [-0.39, 0.29) is 6.04 Å². The van der Waals surface area contributed by atoms with Gasteiger partial charge in [-0.1, -0.05) is 6.07 Å². The molecule has 0 aromatic carbocycles. The number of halogens is 1. The van der Waals surface area contributed by atoms with Gasteiger partial charge in [0.1, 0.15) is 0 Å². The van der Waals surface area contributed by atoms with Gasteiger partial charge in [0, 0.05) is 40.7 Å². The maximum absolute atomic E-state index is 6.12. The molecule has 0 saturated carbocycles. The topological polar surface area (TPSA) is 51.8 Å². The van der Waals surface area contributed by atoms with Crippen molar-refractivity contribution < 1.29 is 0 Å². The maximum Gasteiger partial charge on any atom is 0.0423 e. The van der Waals surface area contributed by atoms with Gasteiger partial charge in [-0.15, -0.1) is 0 Å². The highest BCUT2D eigenvalue weighted by molar-refractivity contribution is 9.10. The molecule has 0 spiro atoms. The fourth-order valence-electron chi connectivity index (χ4n) is 1.57. The van der Waals surface area contributed by atoms with Crippen molar-refractivity contribution in [1.29, 1.82) is 0 Å². The zero-order valence-electron chi connectivity index (χ0n) is 9.60. The van der Waals surface area contributed by atoms with Gasteiger partial charge in [-0.3, -0.25) is 9.97 Å². The summed E-state index contributed by atoms with van der Waals surface area (Å²) < 4.78 is 0.979. The van der Waals surface area contributed by atoms with Gasteiger partial charge in [-0.2, -0.15) is 0 Å². The summed E-state index contributed by atoms with van der Waals surface area (Å²) in [5, 5.41) is 0. The lowest BCUT2D eigenvalue weighted by molar-refractivity contribution is 0.702. The molecule has 1 unspecified atom stereocenters. The van der Waals surface area contributed by atoms with Crippen molar-refractivity contribution >= 4 is 15.9 Å². The molecule has 2 rings (SSSR count). The van der Waals surface area contributed by atoms with E-state index >= 15 is 0 Å². The van der Waals surface area contributed by atoms with Crippen molar-refractivity contribution in [2.75, 3.05) is 0 Å². The summed E-state index contributed by atoms with van der Waals surface area (Å²) in [6, 6.07) is 7.89. The van der Waals surface area contributed by atoms with Crippen LogP contribution in [0, 0.1) is 6.92 Å². The van der Waals surface area contributed by atoms with E-state index in [0.29, 0.717) is 0 Å². The average molecular weight is 292 g/mol. The fourth-order valence-corrected chi connectivity index (χ4v) is 1.80. The predicted molar refractivity (Wildman–Crippen MR) is 71.5 cm³/mol. The first-order valence-electron chi connectivity index (χ1n) is 5.44. The molecule has 2 aromatic rings. The van der Waals surface area contributed by atoms with E-state index in [1.54, 1.807) is 6.20 Å². The minimum atomic E-state index is -0.0585. The van der Waals surface area contributed by atoms with Crippen LogP contribution in [-0.4, -0.2) is 9.97 Å². The molecule has 88 valence electrons. The van der Waals surface area contributed by atoms with E-state index in [1.165, 1.54) is 0 Å². The average Bonchev–Trinajstić information content (AvgIpc) is 2.33. The lowest BCUT2D eigenvalue weighted by Crippen LogP contribution is -2.14. The van der Waals surface area contributed by atoms with Gasteiger partial charge in [-0.05, 0) is 46.6 Å². The van der Waals surface area contributed by atoms with Gasteiger partial charge in [-0.25, -0.2) is 0 Å². The summed E-state index contributed by atoms with van der Waals surface area (Å²) >= 11 is 3.36. The number of hydrogen-bond acceptors (Lipinski definition) is 3. The Bertz CT molecular complexity index is 479. The Hall–Kier alpha value is -1.26. The van der Waals surface area contributed by atoms with Gasteiger partial charge in [0.15, 0.2) is 0 Å². The third kappa shape index (κ3) is 3.35. The second-order valence-corrected chi connectivity index (χ2v) is 4.93. The molecule has 0 radical (unpaired) electrons. The Morgan fingerprint density at radius 2 is 2.00 bits per heavy atom. The van der Waals surface area contributed by atoms with Crippen LogP contribution in [0.2, 0.25) is 0 Å². The van der Waals surface area contributed by atoms with Crippen molar-refractivity contribution in [3.05, 3.63) is 58.1 Å². The summed E-state index contributed by atoms with van der Waals surface area (Å²) in [6.07, 6.45) is 4.34. The molecule has 3 nitrogen and oxygen atoms in total. The molecule has 0 amide bonds. The molecule has 2 N–H and O–H groups in total. The second kappa shape index (κ2) is 5.38. The number of hydrogen-bond donors (Lipinski definition) is 1. The third-order valence-corrected chi connectivity index (χ3v) is 3.05. The number of nitrogens with two attached hydrogens (primary N) is 1. The van der Waals surface area contributed by atoms with E-state index in [0.717, 1.165) is 27.8 Å². The molecule has 0 bridgehead atoms.